The molecule has 1 aliphatic rings. The maximum Gasteiger partial charge on any atom is 0.226 e. The van der Waals surface area contributed by atoms with E-state index in [1.807, 2.05) is 35.2 Å². The first kappa shape index (κ1) is 23.0. The highest BCUT2D eigenvalue weighted by Gasteiger charge is 2.28. The summed E-state index contributed by atoms with van der Waals surface area (Å²) in [6.07, 6.45) is 1.80. The first-order chi connectivity index (χ1) is 17.3. The Morgan fingerprint density at radius 3 is 1.97 bits per heavy atom. The molecule has 4 aromatic rings. The Balaban J connectivity index is 1.14. The quantitative estimate of drug-likeness (QED) is 0.366. The SMILES string of the molecule is O=C(CCCc1nc(-c2ccccc2)no1)N1CCN(C(c2ccccc2)c2ccccc2)CC1. The zero-order valence-corrected chi connectivity index (χ0v) is 19.8. The number of piperazine rings is 1. The molecule has 0 bridgehead atoms. The summed E-state index contributed by atoms with van der Waals surface area (Å²) in [6.45, 7) is 3.19. The van der Waals surface area contributed by atoms with Crippen LogP contribution >= 0.6 is 0 Å². The van der Waals surface area contributed by atoms with E-state index in [1.54, 1.807) is 0 Å². The van der Waals surface area contributed by atoms with Crippen LogP contribution in [-0.2, 0) is 11.2 Å². The van der Waals surface area contributed by atoms with Gasteiger partial charge in [-0.25, -0.2) is 0 Å². The van der Waals surface area contributed by atoms with E-state index in [-0.39, 0.29) is 11.9 Å². The monoisotopic (exact) mass is 466 g/mol. The second-order valence-electron chi connectivity index (χ2n) is 8.87. The van der Waals surface area contributed by atoms with Gasteiger partial charge in [0.05, 0.1) is 6.04 Å². The maximum atomic E-state index is 12.9. The Morgan fingerprint density at radius 2 is 1.37 bits per heavy atom. The lowest BCUT2D eigenvalue weighted by molar-refractivity contribution is -0.133. The number of aryl methyl sites for hydroxylation is 1. The fourth-order valence-corrected chi connectivity index (χ4v) is 4.72. The Morgan fingerprint density at radius 1 is 0.800 bits per heavy atom. The standard InChI is InChI=1S/C29H30N4O2/c34-27(18-10-17-26-30-29(31-35-26)25-15-8-3-9-16-25)32-19-21-33(22-20-32)28(23-11-4-1-5-12-23)24-13-6-2-7-14-24/h1-9,11-16,28H,10,17-22H2. The van der Waals surface area contributed by atoms with E-state index in [0.29, 0.717) is 31.0 Å². The third kappa shape index (κ3) is 5.66. The minimum atomic E-state index is 0.198. The topological polar surface area (TPSA) is 62.5 Å². The molecule has 178 valence electrons. The summed E-state index contributed by atoms with van der Waals surface area (Å²) in [6, 6.07) is 31.2. The van der Waals surface area contributed by atoms with Crippen LogP contribution in [0.15, 0.2) is 95.5 Å². The molecule has 3 aromatic carbocycles. The van der Waals surface area contributed by atoms with Crippen molar-refractivity contribution in [2.24, 2.45) is 0 Å². The summed E-state index contributed by atoms with van der Waals surface area (Å²) in [5.41, 5.74) is 3.50. The Hall–Kier alpha value is -3.77. The lowest BCUT2D eigenvalue weighted by Gasteiger charge is -2.40. The first-order valence-corrected chi connectivity index (χ1v) is 12.3. The smallest absolute Gasteiger partial charge is 0.226 e. The molecule has 0 N–H and O–H groups in total. The Bertz CT molecular complexity index is 1160. The predicted octanol–water partition coefficient (Wildman–Crippen LogP) is 4.99. The van der Waals surface area contributed by atoms with Gasteiger partial charge >= 0.3 is 0 Å². The molecule has 0 radical (unpaired) electrons. The zero-order chi connectivity index (χ0) is 23.9. The molecule has 0 saturated carbocycles. The van der Waals surface area contributed by atoms with Gasteiger partial charge in [-0.1, -0.05) is 96.2 Å². The van der Waals surface area contributed by atoms with Gasteiger partial charge in [0.2, 0.25) is 17.6 Å². The number of aromatic nitrogens is 2. The van der Waals surface area contributed by atoms with Crippen molar-refractivity contribution in [2.45, 2.75) is 25.3 Å². The molecule has 6 heteroatoms. The van der Waals surface area contributed by atoms with E-state index in [2.05, 4.69) is 75.7 Å². The van der Waals surface area contributed by atoms with Crippen molar-refractivity contribution in [2.75, 3.05) is 26.2 Å². The molecule has 1 aliphatic heterocycles. The molecule has 5 rings (SSSR count). The minimum absolute atomic E-state index is 0.198. The second-order valence-corrected chi connectivity index (χ2v) is 8.87. The van der Waals surface area contributed by atoms with Crippen LogP contribution < -0.4 is 0 Å². The lowest BCUT2D eigenvalue weighted by atomic mass is 9.96. The molecule has 6 nitrogen and oxygen atoms in total. The Labute approximate surface area is 206 Å². The van der Waals surface area contributed by atoms with E-state index < -0.39 is 0 Å². The van der Waals surface area contributed by atoms with E-state index in [1.165, 1.54) is 11.1 Å². The average Bonchev–Trinajstić information content (AvgIpc) is 3.40. The van der Waals surface area contributed by atoms with Crippen LogP contribution in [0.1, 0.15) is 35.9 Å². The minimum Gasteiger partial charge on any atom is -0.340 e. The van der Waals surface area contributed by atoms with Crippen molar-refractivity contribution in [1.82, 2.24) is 19.9 Å². The number of amides is 1. The van der Waals surface area contributed by atoms with Crippen LogP contribution in [0.3, 0.4) is 0 Å². The van der Waals surface area contributed by atoms with Gasteiger partial charge in [0.25, 0.3) is 0 Å². The lowest BCUT2D eigenvalue weighted by Crippen LogP contribution is -2.49. The van der Waals surface area contributed by atoms with Gasteiger partial charge in [-0.05, 0) is 17.5 Å². The summed E-state index contributed by atoms with van der Waals surface area (Å²) in [5, 5.41) is 4.06. The zero-order valence-electron chi connectivity index (χ0n) is 19.8. The van der Waals surface area contributed by atoms with E-state index in [9.17, 15) is 4.79 Å². The van der Waals surface area contributed by atoms with Gasteiger partial charge in [-0.15, -0.1) is 0 Å². The fourth-order valence-electron chi connectivity index (χ4n) is 4.72. The molecule has 0 atom stereocenters. The number of benzene rings is 3. The number of rotatable bonds is 8. The van der Waals surface area contributed by atoms with Crippen molar-refractivity contribution < 1.29 is 9.32 Å². The number of nitrogens with zero attached hydrogens (tertiary/aromatic N) is 4. The average molecular weight is 467 g/mol. The summed E-state index contributed by atoms with van der Waals surface area (Å²) in [7, 11) is 0. The van der Waals surface area contributed by atoms with Crippen LogP contribution in [0.25, 0.3) is 11.4 Å². The van der Waals surface area contributed by atoms with Crippen LogP contribution in [0.4, 0.5) is 0 Å². The van der Waals surface area contributed by atoms with Gasteiger partial charge in [0.1, 0.15) is 0 Å². The molecule has 1 amide bonds. The van der Waals surface area contributed by atoms with Crippen molar-refractivity contribution in [3.8, 4) is 11.4 Å². The molecule has 0 aliphatic carbocycles. The fraction of sp³-hybridized carbons (Fsp3) is 0.276. The van der Waals surface area contributed by atoms with Crippen LogP contribution in [0.5, 0.6) is 0 Å². The van der Waals surface area contributed by atoms with Gasteiger partial charge in [0.15, 0.2) is 0 Å². The second kappa shape index (κ2) is 11.1. The predicted molar refractivity (Wildman–Crippen MR) is 136 cm³/mol. The third-order valence-electron chi connectivity index (χ3n) is 6.54. The number of hydrogen-bond donors (Lipinski definition) is 0. The largest absolute Gasteiger partial charge is 0.340 e. The summed E-state index contributed by atoms with van der Waals surface area (Å²) in [5.74, 6) is 1.37. The van der Waals surface area contributed by atoms with Crippen molar-refractivity contribution in [3.63, 3.8) is 0 Å². The van der Waals surface area contributed by atoms with Crippen LogP contribution in [0.2, 0.25) is 0 Å². The third-order valence-corrected chi connectivity index (χ3v) is 6.54. The van der Waals surface area contributed by atoms with Crippen molar-refractivity contribution in [1.29, 1.82) is 0 Å². The normalized spacial score (nSPS) is 14.4. The van der Waals surface area contributed by atoms with Crippen molar-refractivity contribution >= 4 is 5.91 Å². The van der Waals surface area contributed by atoms with Crippen molar-refractivity contribution in [3.05, 3.63) is 108 Å². The highest BCUT2D eigenvalue weighted by molar-refractivity contribution is 5.76. The van der Waals surface area contributed by atoms with Crippen LogP contribution in [-0.4, -0.2) is 52.0 Å². The maximum absolute atomic E-state index is 12.9. The van der Waals surface area contributed by atoms with Gasteiger partial charge in [0, 0.05) is 44.6 Å². The molecule has 0 unspecified atom stereocenters. The van der Waals surface area contributed by atoms with Gasteiger partial charge in [-0.2, -0.15) is 4.98 Å². The van der Waals surface area contributed by atoms with Gasteiger partial charge in [-0.3, -0.25) is 9.69 Å². The number of hydrogen-bond acceptors (Lipinski definition) is 5. The molecular formula is C29H30N4O2. The molecule has 1 fully saturated rings. The molecule has 35 heavy (non-hydrogen) atoms. The summed E-state index contributed by atoms with van der Waals surface area (Å²) >= 11 is 0. The molecular weight excluding hydrogens is 436 g/mol. The molecule has 1 aromatic heterocycles. The number of carbonyl (C=O) groups is 1. The molecule has 0 spiro atoms. The summed E-state index contributed by atoms with van der Waals surface area (Å²) in [4.78, 5) is 21.8. The Kier molecular flexibility index (Phi) is 7.29. The molecule has 1 saturated heterocycles. The van der Waals surface area contributed by atoms with E-state index in [0.717, 1.165) is 31.7 Å². The highest BCUT2D eigenvalue weighted by atomic mass is 16.5. The number of carbonyl (C=O) groups excluding carboxylic acids is 1. The molecule has 2 heterocycles. The van der Waals surface area contributed by atoms with E-state index in [4.69, 9.17) is 4.52 Å². The van der Waals surface area contributed by atoms with Crippen LogP contribution in [0, 0.1) is 0 Å². The summed E-state index contributed by atoms with van der Waals surface area (Å²) < 4.78 is 5.38. The van der Waals surface area contributed by atoms with Gasteiger partial charge < -0.3 is 9.42 Å². The highest BCUT2D eigenvalue weighted by Crippen LogP contribution is 2.29. The first-order valence-electron chi connectivity index (χ1n) is 12.3. The van der Waals surface area contributed by atoms with E-state index >= 15 is 0 Å².